The molecule has 0 saturated carbocycles. The average Bonchev–Trinajstić information content (AvgIpc) is 2.73. The van der Waals surface area contributed by atoms with Gasteiger partial charge in [0.05, 0.1) is 5.02 Å². The van der Waals surface area contributed by atoms with E-state index >= 15 is 0 Å². The molecule has 1 aliphatic heterocycles. The van der Waals surface area contributed by atoms with Gasteiger partial charge in [-0.05, 0) is 60.8 Å². The minimum atomic E-state index is -0.205. The van der Waals surface area contributed by atoms with Crippen LogP contribution in [0.25, 0.3) is 0 Å². The number of benzene rings is 2. The minimum absolute atomic E-state index is 0.205. The molecule has 0 unspecified atom stereocenters. The maximum Gasteiger partial charge on any atom is 0.123 e. The first kappa shape index (κ1) is 16.1. The predicted octanol–water partition coefficient (Wildman–Crippen LogP) is 5.11. The third-order valence-electron chi connectivity index (χ3n) is 3.77. The van der Waals surface area contributed by atoms with Crippen molar-refractivity contribution in [3.05, 3.63) is 62.9 Å². The predicted molar refractivity (Wildman–Crippen MR) is 92.7 cm³/mol. The van der Waals surface area contributed by atoms with Crippen LogP contribution in [0.4, 0.5) is 4.39 Å². The summed E-state index contributed by atoms with van der Waals surface area (Å²) in [5.41, 5.74) is 3.39. The second kappa shape index (κ2) is 7.22. The smallest absolute Gasteiger partial charge is 0.123 e. The van der Waals surface area contributed by atoms with E-state index in [1.807, 2.05) is 12.1 Å². The minimum Gasteiger partial charge on any atom is -0.316 e. The Morgan fingerprint density at radius 2 is 1.82 bits per heavy atom. The second-order valence-electron chi connectivity index (χ2n) is 5.30. The molecule has 1 nitrogen and oxygen atoms in total. The summed E-state index contributed by atoms with van der Waals surface area (Å²) in [4.78, 5) is 1.08. The molecule has 1 aliphatic rings. The number of nitrogens with one attached hydrogen (secondary N) is 1. The Bertz CT molecular complexity index is 691. The lowest BCUT2D eigenvalue weighted by Gasteiger charge is -2.15. The number of halogens is 3. The topological polar surface area (TPSA) is 12.0 Å². The van der Waals surface area contributed by atoms with E-state index in [1.54, 1.807) is 23.9 Å². The largest absolute Gasteiger partial charge is 0.316 e. The molecule has 0 saturated heterocycles. The van der Waals surface area contributed by atoms with Gasteiger partial charge in [0.2, 0.25) is 0 Å². The molecule has 1 heterocycles. The van der Waals surface area contributed by atoms with E-state index in [1.165, 1.54) is 17.2 Å². The summed E-state index contributed by atoms with van der Waals surface area (Å²) in [5.74, 6) is 0.488. The van der Waals surface area contributed by atoms with Crippen molar-refractivity contribution in [1.29, 1.82) is 0 Å². The molecule has 0 spiro atoms. The van der Waals surface area contributed by atoms with Gasteiger partial charge < -0.3 is 5.32 Å². The summed E-state index contributed by atoms with van der Waals surface area (Å²) in [7, 11) is 0. The van der Waals surface area contributed by atoms with Gasteiger partial charge in [0.25, 0.3) is 0 Å². The fourth-order valence-electron chi connectivity index (χ4n) is 2.71. The van der Waals surface area contributed by atoms with Crippen molar-refractivity contribution in [3.63, 3.8) is 0 Å². The molecule has 0 bridgehead atoms. The van der Waals surface area contributed by atoms with Crippen molar-refractivity contribution >= 4 is 35.0 Å². The van der Waals surface area contributed by atoms with Gasteiger partial charge in [-0.2, -0.15) is 0 Å². The monoisotopic (exact) mass is 355 g/mol. The Balaban J connectivity index is 1.89. The van der Waals surface area contributed by atoms with Crippen LogP contribution >= 0.6 is 35.0 Å². The van der Waals surface area contributed by atoms with E-state index in [-0.39, 0.29) is 5.82 Å². The zero-order valence-electron chi connectivity index (χ0n) is 12.0. The average molecular weight is 356 g/mol. The number of thioether (sulfide) groups is 1. The highest BCUT2D eigenvalue weighted by Crippen LogP contribution is 2.39. The first-order valence-corrected chi connectivity index (χ1v) is 8.97. The standard InChI is InChI=1S/C17H16Cl2FNS/c18-15-9-16(19)17(14-5-7-21-6-4-13(14)15)22-10-11-2-1-3-12(20)8-11/h1-3,8-9,21H,4-7,10H2. The molecule has 0 radical (unpaired) electrons. The summed E-state index contributed by atoms with van der Waals surface area (Å²) in [6, 6.07) is 8.53. The molecule has 22 heavy (non-hydrogen) atoms. The summed E-state index contributed by atoms with van der Waals surface area (Å²) in [6.45, 7) is 1.86. The molecule has 2 aromatic rings. The van der Waals surface area contributed by atoms with Gasteiger partial charge in [0.1, 0.15) is 5.82 Å². The molecule has 2 aromatic carbocycles. The van der Waals surface area contributed by atoms with Crippen molar-refractivity contribution < 1.29 is 4.39 Å². The fraction of sp³-hybridized carbons (Fsp3) is 0.294. The van der Waals surface area contributed by atoms with E-state index in [0.29, 0.717) is 10.8 Å². The van der Waals surface area contributed by atoms with Crippen LogP contribution in [0.2, 0.25) is 10.0 Å². The fourth-order valence-corrected chi connectivity index (χ4v) is 4.56. The van der Waals surface area contributed by atoms with Crippen molar-refractivity contribution in [3.8, 4) is 0 Å². The molecule has 1 N–H and O–H groups in total. The first-order chi connectivity index (χ1) is 10.6. The molecule has 0 atom stereocenters. The highest BCUT2D eigenvalue weighted by atomic mass is 35.5. The van der Waals surface area contributed by atoms with E-state index in [0.717, 1.165) is 41.4 Å². The zero-order valence-corrected chi connectivity index (χ0v) is 14.3. The van der Waals surface area contributed by atoms with Crippen LogP contribution in [-0.2, 0) is 18.6 Å². The van der Waals surface area contributed by atoms with Gasteiger partial charge in [-0.15, -0.1) is 11.8 Å². The third kappa shape index (κ3) is 3.60. The van der Waals surface area contributed by atoms with Gasteiger partial charge >= 0.3 is 0 Å². The summed E-state index contributed by atoms with van der Waals surface area (Å²) >= 11 is 14.4. The molecule has 0 aliphatic carbocycles. The maximum absolute atomic E-state index is 13.3. The molecule has 116 valence electrons. The van der Waals surface area contributed by atoms with E-state index < -0.39 is 0 Å². The quantitative estimate of drug-likeness (QED) is 0.767. The summed E-state index contributed by atoms with van der Waals surface area (Å²) < 4.78 is 13.3. The molecule has 0 fully saturated rings. The number of hydrogen-bond donors (Lipinski definition) is 1. The van der Waals surface area contributed by atoms with Crippen LogP contribution in [0.15, 0.2) is 35.2 Å². The maximum atomic E-state index is 13.3. The molecule has 3 rings (SSSR count). The third-order valence-corrected chi connectivity index (χ3v) is 5.75. The molecule has 0 amide bonds. The first-order valence-electron chi connectivity index (χ1n) is 7.23. The van der Waals surface area contributed by atoms with Gasteiger partial charge in [0, 0.05) is 15.7 Å². The molecular formula is C17H16Cl2FNS. The van der Waals surface area contributed by atoms with E-state index in [9.17, 15) is 4.39 Å². The van der Waals surface area contributed by atoms with Crippen molar-refractivity contribution in [2.24, 2.45) is 0 Å². The Kier molecular flexibility index (Phi) is 5.29. The van der Waals surface area contributed by atoms with Crippen LogP contribution in [0.1, 0.15) is 16.7 Å². The molecular weight excluding hydrogens is 340 g/mol. The van der Waals surface area contributed by atoms with Gasteiger partial charge in [-0.3, -0.25) is 0 Å². The Morgan fingerprint density at radius 3 is 2.59 bits per heavy atom. The molecule has 0 aromatic heterocycles. The van der Waals surface area contributed by atoms with Crippen LogP contribution < -0.4 is 5.32 Å². The Hall–Kier alpha value is -0.740. The number of fused-ring (bicyclic) bond motifs is 1. The van der Waals surface area contributed by atoms with Gasteiger partial charge in [-0.25, -0.2) is 4.39 Å². The van der Waals surface area contributed by atoms with Crippen molar-refractivity contribution in [2.45, 2.75) is 23.5 Å². The van der Waals surface area contributed by atoms with Crippen LogP contribution in [0, 0.1) is 5.82 Å². The second-order valence-corrected chi connectivity index (χ2v) is 7.10. The molecule has 5 heteroatoms. The lowest BCUT2D eigenvalue weighted by Crippen LogP contribution is -2.16. The lowest BCUT2D eigenvalue weighted by molar-refractivity contribution is 0.626. The van der Waals surface area contributed by atoms with Gasteiger partial charge in [-0.1, -0.05) is 35.3 Å². The van der Waals surface area contributed by atoms with E-state index in [4.69, 9.17) is 23.2 Å². The van der Waals surface area contributed by atoms with Crippen LogP contribution in [0.3, 0.4) is 0 Å². The summed E-state index contributed by atoms with van der Waals surface area (Å²) in [5, 5.41) is 4.82. The van der Waals surface area contributed by atoms with Gasteiger partial charge in [0.15, 0.2) is 0 Å². The Morgan fingerprint density at radius 1 is 1.05 bits per heavy atom. The SMILES string of the molecule is Fc1cccc(CSc2c(Cl)cc(Cl)c3c2CCNCC3)c1. The van der Waals surface area contributed by atoms with Crippen LogP contribution in [-0.4, -0.2) is 13.1 Å². The number of rotatable bonds is 3. The Labute approximate surface area is 144 Å². The lowest BCUT2D eigenvalue weighted by atomic mass is 10.0. The normalized spacial score (nSPS) is 14.5. The zero-order chi connectivity index (χ0) is 15.5. The highest BCUT2D eigenvalue weighted by Gasteiger charge is 2.18. The van der Waals surface area contributed by atoms with Crippen molar-refractivity contribution in [1.82, 2.24) is 5.32 Å². The van der Waals surface area contributed by atoms with Crippen LogP contribution in [0.5, 0.6) is 0 Å². The number of hydrogen-bond acceptors (Lipinski definition) is 2. The highest BCUT2D eigenvalue weighted by molar-refractivity contribution is 7.98. The summed E-state index contributed by atoms with van der Waals surface area (Å²) in [6.07, 6.45) is 1.83. The van der Waals surface area contributed by atoms with E-state index in [2.05, 4.69) is 5.32 Å². The van der Waals surface area contributed by atoms with Crippen molar-refractivity contribution in [2.75, 3.05) is 13.1 Å².